The lowest BCUT2D eigenvalue weighted by atomic mass is 9.98. The zero-order chi connectivity index (χ0) is 28.9. The highest BCUT2D eigenvalue weighted by Crippen LogP contribution is 2.28. The molecule has 1 saturated heterocycles. The minimum absolute atomic E-state index is 0. The van der Waals surface area contributed by atoms with Crippen molar-refractivity contribution in [3.8, 4) is 0 Å². The number of nitrogens with two attached hydrogens (primary N) is 1. The van der Waals surface area contributed by atoms with Crippen molar-refractivity contribution in [2.75, 3.05) is 26.2 Å². The van der Waals surface area contributed by atoms with Crippen LogP contribution in [0.3, 0.4) is 0 Å². The van der Waals surface area contributed by atoms with Crippen LogP contribution in [0.15, 0.2) is 47.4 Å². The molecule has 1 saturated carbocycles. The fourth-order valence-electron chi connectivity index (χ4n) is 5.07. The van der Waals surface area contributed by atoms with E-state index in [2.05, 4.69) is 10.0 Å². The maximum Gasteiger partial charge on any atom is 0.241 e. The van der Waals surface area contributed by atoms with Crippen LogP contribution in [0.25, 0.3) is 10.8 Å². The van der Waals surface area contributed by atoms with Gasteiger partial charge in [0, 0.05) is 38.6 Å². The molecule has 11 nitrogen and oxygen atoms in total. The Balaban J connectivity index is 0.00000462. The molecule has 13 heteroatoms. The van der Waals surface area contributed by atoms with Crippen LogP contribution in [0, 0.1) is 11.3 Å². The fraction of sp³-hybridized carbons (Fsp3) is 0.500. The van der Waals surface area contributed by atoms with Crippen LogP contribution in [-0.2, 0) is 24.4 Å². The second-order valence-corrected chi connectivity index (χ2v) is 12.5. The van der Waals surface area contributed by atoms with E-state index < -0.39 is 27.9 Å². The number of rotatable bonds is 12. The summed E-state index contributed by atoms with van der Waals surface area (Å²) in [5.41, 5.74) is 5.62. The predicted molar refractivity (Wildman–Crippen MR) is 159 cm³/mol. The molecule has 2 aromatic rings. The number of guanidine groups is 1. The molecule has 4 rings (SSSR count). The van der Waals surface area contributed by atoms with Crippen molar-refractivity contribution in [2.45, 2.75) is 62.4 Å². The Hall–Kier alpha value is -3.22. The topological polar surface area (TPSA) is 166 Å². The SMILES string of the molecule is CC(=O)CCN(C(=O)[C@H](CC(=O)NC[C@@H]1CCCN(C(=N)N)C1)NS(=O)(=O)c1ccc2ccccc2c1)C1CC1.Cl. The lowest BCUT2D eigenvalue weighted by molar-refractivity contribution is -0.136. The van der Waals surface area contributed by atoms with Crippen molar-refractivity contribution in [3.05, 3.63) is 42.5 Å². The number of ketones is 1. The molecule has 1 heterocycles. The molecule has 1 aliphatic carbocycles. The number of carbonyl (C=O) groups is 3. The summed E-state index contributed by atoms with van der Waals surface area (Å²) in [6.07, 6.45) is 3.04. The summed E-state index contributed by atoms with van der Waals surface area (Å²) in [7, 11) is -4.15. The van der Waals surface area contributed by atoms with Gasteiger partial charge in [-0.05, 0) is 61.4 Å². The van der Waals surface area contributed by atoms with E-state index in [0.29, 0.717) is 19.6 Å². The molecule has 0 unspecified atom stereocenters. The lowest BCUT2D eigenvalue weighted by Gasteiger charge is -2.33. The summed E-state index contributed by atoms with van der Waals surface area (Å²) in [6, 6.07) is 10.7. The third-order valence-electron chi connectivity index (χ3n) is 7.44. The Labute approximate surface area is 247 Å². The van der Waals surface area contributed by atoms with Gasteiger partial charge in [-0.1, -0.05) is 30.3 Å². The van der Waals surface area contributed by atoms with Gasteiger partial charge >= 0.3 is 0 Å². The largest absolute Gasteiger partial charge is 0.370 e. The fourth-order valence-corrected chi connectivity index (χ4v) is 6.30. The van der Waals surface area contributed by atoms with Gasteiger partial charge in [-0.15, -0.1) is 12.4 Å². The monoisotopic (exact) mass is 606 g/mol. The average Bonchev–Trinajstić information content (AvgIpc) is 3.76. The van der Waals surface area contributed by atoms with E-state index in [1.807, 2.05) is 18.2 Å². The second-order valence-electron chi connectivity index (χ2n) is 10.7. The zero-order valence-corrected chi connectivity index (χ0v) is 24.8. The Morgan fingerprint density at radius 2 is 1.83 bits per heavy atom. The van der Waals surface area contributed by atoms with Crippen molar-refractivity contribution < 1.29 is 22.8 Å². The highest BCUT2D eigenvalue weighted by Gasteiger charge is 2.38. The molecule has 1 aliphatic heterocycles. The Morgan fingerprint density at radius 1 is 1.12 bits per heavy atom. The molecule has 41 heavy (non-hydrogen) atoms. The number of carbonyl (C=O) groups excluding carboxylic acids is 3. The van der Waals surface area contributed by atoms with E-state index in [0.717, 1.165) is 36.5 Å². The summed E-state index contributed by atoms with van der Waals surface area (Å²) in [5, 5.41) is 12.1. The van der Waals surface area contributed by atoms with Crippen LogP contribution in [0.1, 0.15) is 45.4 Å². The number of nitrogens with one attached hydrogen (secondary N) is 3. The predicted octanol–water partition coefficient (Wildman–Crippen LogP) is 1.99. The molecule has 0 aromatic heterocycles. The number of Topliss-reactive ketones (excluding diaryl/α,β-unsaturated/α-hetero) is 1. The number of sulfonamides is 1. The molecule has 2 amide bonds. The minimum atomic E-state index is -4.15. The third kappa shape index (κ3) is 8.88. The molecule has 2 aromatic carbocycles. The van der Waals surface area contributed by atoms with Gasteiger partial charge in [0.2, 0.25) is 21.8 Å². The first-order valence-corrected chi connectivity index (χ1v) is 15.2. The van der Waals surface area contributed by atoms with E-state index in [-0.39, 0.29) is 60.4 Å². The van der Waals surface area contributed by atoms with Crippen molar-refractivity contribution in [1.29, 1.82) is 5.41 Å². The quantitative estimate of drug-likeness (QED) is 0.212. The molecular weight excluding hydrogens is 568 g/mol. The number of piperidine rings is 1. The summed E-state index contributed by atoms with van der Waals surface area (Å²) >= 11 is 0. The molecule has 0 spiro atoms. The highest BCUT2D eigenvalue weighted by molar-refractivity contribution is 7.89. The van der Waals surface area contributed by atoms with Crippen LogP contribution in [0.5, 0.6) is 0 Å². The molecule has 224 valence electrons. The van der Waals surface area contributed by atoms with Gasteiger partial charge in [-0.3, -0.25) is 19.8 Å². The number of hydrogen-bond acceptors (Lipinski definition) is 6. The van der Waals surface area contributed by atoms with E-state index in [4.69, 9.17) is 11.1 Å². The average molecular weight is 607 g/mol. The first kappa shape index (κ1) is 32.3. The number of likely N-dealkylation sites (tertiary alicyclic amines) is 1. The highest BCUT2D eigenvalue weighted by atomic mass is 35.5. The number of benzene rings is 2. The maximum atomic E-state index is 13.7. The Bertz CT molecular complexity index is 1380. The van der Waals surface area contributed by atoms with Crippen molar-refractivity contribution in [2.24, 2.45) is 11.7 Å². The molecule has 2 fully saturated rings. The van der Waals surface area contributed by atoms with Gasteiger partial charge in [0.05, 0.1) is 11.3 Å². The van der Waals surface area contributed by atoms with E-state index in [1.165, 1.54) is 24.0 Å². The van der Waals surface area contributed by atoms with Crippen LogP contribution >= 0.6 is 12.4 Å². The molecular formula is C28H39ClN6O5S. The zero-order valence-electron chi connectivity index (χ0n) is 23.2. The first-order chi connectivity index (χ1) is 19.0. The lowest BCUT2D eigenvalue weighted by Crippen LogP contribution is -2.52. The van der Waals surface area contributed by atoms with Crippen molar-refractivity contribution in [3.63, 3.8) is 0 Å². The summed E-state index contributed by atoms with van der Waals surface area (Å²) in [5.74, 6) is -0.957. The van der Waals surface area contributed by atoms with Gasteiger partial charge in [-0.2, -0.15) is 4.72 Å². The van der Waals surface area contributed by atoms with Crippen molar-refractivity contribution in [1.82, 2.24) is 19.8 Å². The van der Waals surface area contributed by atoms with E-state index in [1.54, 1.807) is 17.0 Å². The smallest absolute Gasteiger partial charge is 0.241 e. The standard InChI is InChI=1S/C28H38N6O5S.ClH/c1-19(35)12-14-34(23-9-10-23)27(37)25(16-26(36)31-17-20-5-4-13-33(18-20)28(29)30)32-40(38,39)24-11-8-21-6-2-3-7-22(21)15-24;/h2-3,6-8,11,15,20,23,25,32H,4-5,9-10,12-14,16-18H2,1H3,(H3,29,30)(H,31,36);1H/t20-,25-;/m0./s1. The van der Waals surface area contributed by atoms with Crippen LogP contribution < -0.4 is 15.8 Å². The van der Waals surface area contributed by atoms with Gasteiger partial charge in [0.15, 0.2) is 5.96 Å². The molecule has 2 atom stereocenters. The Kier molecular flexibility index (Phi) is 11.1. The summed E-state index contributed by atoms with van der Waals surface area (Å²) < 4.78 is 29.4. The van der Waals surface area contributed by atoms with Gasteiger partial charge < -0.3 is 20.9 Å². The summed E-state index contributed by atoms with van der Waals surface area (Å²) in [4.78, 5) is 41.7. The number of nitrogens with zero attached hydrogens (tertiary/aromatic N) is 2. The molecule has 5 N–H and O–H groups in total. The van der Waals surface area contributed by atoms with Gasteiger partial charge in [0.25, 0.3) is 0 Å². The second kappa shape index (κ2) is 14.1. The first-order valence-electron chi connectivity index (χ1n) is 13.7. The number of hydrogen-bond donors (Lipinski definition) is 4. The van der Waals surface area contributed by atoms with Crippen molar-refractivity contribution >= 4 is 56.8 Å². The third-order valence-corrected chi connectivity index (χ3v) is 8.91. The van der Waals surface area contributed by atoms with Crippen LogP contribution in [0.4, 0.5) is 0 Å². The number of amides is 2. The number of halogens is 1. The van der Waals surface area contributed by atoms with E-state index >= 15 is 0 Å². The number of fused-ring (bicyclic) bond motifs is 1. The van der Waals surface area contributed by atoms with Gasteiger partial charge in [-0.25, -0.2) is 8.42 Å². The van der Waals surface area contributed by atoms with Crippen LogP contribution in [0.2, 0.25) is 0 Å². The summed E-state index contributed by atoms with van der Waals surface area (Å²) in [6.45, 7) is 3.20. The Morgan fingerprint density at radius 3 is 2.49 bits per heavy atom. The minimum Gasteiger partial charge on any atom is -0.370 e. The van der Waals surface area contributed by atoms with Gasteiger partial charge in [0.1, 0.15) is 11.8 Å². The molecule has 2 aliphatic rings. The van der Waals surface area contributed by atoms with E-state index in [9.17, 15) is 22.8 Å². The molecule has 0 radical (unpaired) electrons. The molecule has 0 bridgehead atoms. The maximum absolute atomic E-state index is 13.7. The normalized spacial score (nSPS) is 17.8. The van der Waals surface area contributed by atoms with Crippen LogP contribution in [-0.4, -0.2) is 80.0 Å².